The maximum Gasteiger partial charge on any atom is 0.233 e. The fourth-order valence-electron chi connectivity index (χ4n) is 4.16. The smallest absolute Gasteiger partial charge is 0.233 e. The normalized spacial score (nSPS) is 31.5. The lowest BCUT2D eigenvalue weighted by atomic mass is 9.79. The number of hydrogen-bond donors (Lipinski definition) is 0. The van der Waals surface area contributed by atoms with Gasteiger partial charge in [0.25, 0.3) is 0 Å². The van der Waals surface area contributed by atoms with Crippen LogP contribution in [-0.4, -0.2) is 78.1 Å². The van der Waals surface area contributed by atoms with Gasteiger partial charge in [0.2, 0.25) is 5.91 Å². The van der Waals surface area contributed by atoms with Gasteiger partial charge in [0, 0.05) is 57.4 Å². The van der Waals surface area contributed by atoms with E-state index in [1.54, 1.807) is 0 Å². The summed E-state index contributed by atoms with van der Waals surface area (Å²) in [6.45, 7) is 6.50. The molecule has 3 saturated heterocycles. The first-order valence-electron chi connectivity index (χ1n) is 8.32. The van der Waals surface area contributed by atoms with E-state index in [0.717, 1.165) is 19.6 Å². The van der Waals surface area contributed by atoms with Gasteiger partial charge in [0.15, 0.2) is 0 Å². The van der Waals surface area contributed by atoms with E-state index < -0.39 is 0 Å². The number of aryl methyl sites for hydroxylation is 1. The van der Waals surface area contributed by atoms with E-state index in [2.05, 4.69) is 10.00 Å². The molecule has 0 bridgehead atoms. The van der Waals surface area contributed by atoms with Crippen molar-refractivity contribution in [1.29, 1.82) is 0 Å². The van der Waals surface area contributed by atoms with E-state index in [1.165, 1.54) is 5.56 Å². The monoisotopic (exact) mass is 320 g/mol. The molecule has 0 N–H and O–H groups in total. The van der Waals surface area contributed by atoms with Gasteiger partial charge in [-0.1, -0.05) is 0 Å². The summed E-state index contributed by atoms with van der Waals surface area (Å²) in [4.78, 5) is 17.5. The molecule has 4 rings (SSSR count). The summed E-state index contributed by atoms with van der Waals surface area (Å²) >= 11 is 0. The summed E-state index contributed by atoms with van der Waals surface area (Å²) in [7, 11) is 1.93. The number of carbonyl (C=O) groups excluding carboxylic acids is 1. The molecule has 2 atom stereocenters. The molecule has 23 heavy (non-hydrogen) atoms. The van der Waals surface area contributed by atoms with E-state index >= 15 is 0 Å². The Bertz CT molecular complexity index is 584. The molecular weight excluding hydrogens is 296 g/mol. The average Bonchev–Trinajstić information content (AvgIpc) is 3.22. The Labute approximate surface area is 136 Å². The van der Waals surface area contributed by atoms with Crippen LogP contribution in [0.5, 0.6) is 0 Å². The Morgan fingerprint density at radius 2 is 2.22 bits per heavy atom. The molecule has 126 valence electrons. The maximum absolute atomic E-state index is 13.2. The largest absolute Gasteiger partial charge is 0.380 e. The Balaban J connectivity index is 1.49. The lowest BCUT2D eigenvalue weighted by Crippen LogP contribution is -2.52. The number of morpholine rings is 1. The molecule has 1 aromatic rings. The summed E-state index contributed by atoms with van der Waals surface area (Å²) in [5.41, 5.74) is 0.835. The number of amides is 1. The van der Waals surface area contributed by atoms with Crippen LogP contribution in [0.2, 0.25) is 0 Å². The van der Waals surface area contributed by atoms with Crippen LogP contribution in [-0.2, 0) is 27.9 Å². The van der Waals surface area contributed by atoms with Crippen LogP contribution >= 0.6 is 0 Å². The lowest BCUT2D eigenvalue weighted by Gasteiger charge is -2.35. The quantitative estimate of drug-likeness (QED) is 0.767. The van der Waals surface area contributed by atoms with Crippen LogP contribution in [0.1, 0.15) is 5.56 Å². The number of fused-ring (bicyclic) bond motifs is 1. The van der Waals surface area contributed by atoms with Crippen molar-refractivity contribution in [2.45, 2.75) is 6.54 Å². The van der Waals surface area contributed by atoms with E-state index in [1.807, 2.05) is 29.0 Å². The number of aromatic nitrogens is 2. The predicted octanol–water partition coefficient (Wildman–Crippen LogP) is -0.273. The molecule has 0 unspecified atom stereocenters. The van der Waals surface area contributed by atoms with Crippen molar-refractivity contribution in [2.24, 2.45) is 18.4 Å². The minimum Gasteiger partial charge on any atom is -0.380 e. The Hall–Kier alpha value is -1.44. The SMILES string of the molecule is Cn1cc(CN2C[C@@H]3COC[C@]3(C(=O)N3CCOCC3)C2)cn1. The first-order valence-corrected chi connectivity index (χ1v) is 8.32. The number of likely N-dealkylation sites (tertiary alicyclic amines) is 1. The van der Waals surface area contributed by atoms with Crippen LogP contribution in [0.4, 0.5) is 0 Å². The van der Waals surface area contributed by atoms with Gasteiger partial charge in [-0.3, -0.25) is 14.4 Å². The van der Waals surface area contributed by atoms with Crippen LogP contribution < -0.4 is 0 Å². The van der Waals surface area contributed by atoms with Crippen LogP contribution in [0.25, 0.3) is 0 Å². The molecule has 0 radical (unpaired) electrons. The molecule has 3 aliphatic rings. The summed E-state index contributed by atoms with van der Waals surface area (Å²) in [6.07, 6.45) is 3.95. The first kappa shape index (κ1) is 15.1. The zero-order valence-electron chi connectivity index (χ0n) is 13.6. The van der Waals surface area contributed by atoms with Crippen molar-refractivity contribution in [1.82, 2.24) is 19.6 Å². The van der Waals surface area contributed by atoms with Gasteiger partial charge in [0.05, 0.1) is 38.0 Å². The summed E-state index contributed by atoms with van der Waals surface area (Å²) in [5.74, 6) is 0.562. The first-order chi connectivity index (χ1) is 11.2. The molecule has 0 aliphatic carbocycles. The van der Waals surface area contributed by atoms with E-state index in [-0.39, 0.29) is 11.3 Å². The number of nitrogens with zero attached hydrogens (tertiary/aromatic N) is 4. The fraction of sp³-hybridized carbons (Fsp3) is 0.750. The van der Waals surface area contributed by atoms with Crippen LogP contribution in [0.3, 0.4) is 0 Å². The van der Waals surface area contributed by atoms with Crippen molar-refractivity contribution in [3.05, 3.63) is 18.0 Å². The highest BCUT2D eigenvalue weighted by atomic mass is 16.5. The molecule has 0 spiro atoms. The van der Waals surface area contributed by atoms with Crippen molar-refractivity contribution in [3.8, 4) is 0 Å². The second kappa shape index (κ2) is 5.89. The third kappa shape index (κ3) is 2.66. The van der Waals surface area contributed by atoms with Crippen molar-refractivity contribution in [3.63, 3.8) is 0 Å². The Kier molecular flexibility index (Phi) is 3.87. The average molecular weight is 320 g/mol. The standard InChI is InChI=1S/C16H24N4O3/c1-18-7-13(6-17-18)8-19-9-14-10-23-12-16(14,11-19)15(21)20-2-4-22-5-3-20/h6-7,14H,2-5,8-12H2,1H3/t14-,16-/m1/s1. The molecule has 1 aromatic heterocycles. The number of rotatable bonds is 3. The minimum atomic E-state index is -0.362. The number of hydrogen-bond acceptors (Lipinski definition) is 5. The van der Waals surface area contributed by atoms with E-state index in [0.29, 0.717) is 45.4 Å². The zero-order chi connectivity index (χ0) is 15.9. The molecule has 7 heteroatoms. The highest BCUT2D eigenvalue weighted by Gasteiger charge is 2.56. The molecule has 4 heterocycles. The molecule has 0 saturated carbocycles. The lowest BCUT2D eigenvalue weighted by molar-refractivity contribution is -0.147. The van der Waals surface area contributed by atoms with Gasteiger partial charge < -0.3 is 14.4 Å². The predicted molar refractivity (Wildman–Crippen MR) is 82.6 cm³/mol. The minimum absolute atomic E-state index is 0.261. The van der Waals surface area contributed by atoms with Crippen LogP contribution in [0.15, 0.2) is 12.4 Å². The van der Waals surface area contributed by atoms with Crippen molar-refractivity contribution < 1.29 is 14.3 Å². The molecule has 1 amide bonds. The van der Waals surface area contributed by atoms with Crippen LogP contribution in [0, 0.1) is 11.3 Å². The van der Waals surface area contributed by atoms with Gasteiger partial charge in [-0.25, -0.2) is 0 Å². The molecule has 7 nitrogen and oxygen atoms in total. The summed E-state index contributed by atoms with van der Waals surface area (Å²) in [6, 6.07) is 0. The summed E-state index contributed by atoms with van der Waals surface area (Å²) in [5, 5.41) is 4.23. The molecule has 0 aromatic carbocycles. The Morgan fingerprint density at radius 1 is 1.39 bits per heavy atom. The molecule has 3 aliphatic heterocycles. The molecular formula is C16H24N4O3. The second-order valence-corrected chi connectivity index (χ2v) is 6.96. The van der Waals surface area contributed by atoms with Gasteiger partial charge >= 0.3 is 0 Å². The highest BCUT2D eigenvalue weighted by Crippen LogP contribution is 2.43. The zero-order valence-corrected chi connectivity index (χ0v) is 13.6. The molecule has 3 fully saturated rings. The van der Waals surface area contributed by atoms with Crippen molar-refractivity contribution in [2.75, 3.05) is 52.6 Å². The third-order valence-corrected chi connectivity index (χ3v) is 5.33. The summed E-state index contributed by atoms with van der Waals surface area (Å²) < 4.78 is 12.9. The number of carbonyl (C=O) groups is 1. The highest BCUT2D eigenvalue weighted by molar-refractivity contribution is 5.84. The third-order valence-electron chi connectivity index (χ3n) is 5.33. The Morgan fingerprint density at radius 3 is 2.96 bits per heavy atom. The van der Waals surface area contributed by atoms with E-state index in [4.69, 9.17) is 9.47 Å². The van der Waals surface area contributed by atoms with Gasteiger partial charge in [-0.05, 0) is 0 Å². The number of ether oxygens (including phenoxy) is 2. The van der Waals surface area contributed by atoms with Gasteiger partial charge in [-0.15, -0.1) is 0 Å². The van der Waals surface area contributed by atoms with Gasteiger partial charge in [0.1, 0.15) is 0 Å². The fourth-order valence-corrected chi connectivity index (χ4v) is 4.16. The van der Waals surface area contributed by atoms with E-state index in [9.17, 15) is 4.79 Å². The van der Waals surface area contributed by atoms with Crippen molar-refractivity contribution >= 4 is 5.91 Å². The second-order valence-electron chi connectivity index (χ2n) is 6.96. The maximum atomic E-state index is 13.2. The topological polar surface area (TPSA) is 59.8 Å². The van der Waals surface area contributed by atoms with Gasteiger partial charge in [-0.2, -0.15) is 5.10 Å².